The molecule has 0 atom stereocenters. The van der Waals surface area contributed by atoms with Gasteiger partial charge in [0.25, 0.3) is 0 Å². The number of nitrogens with one attached hydrogen (secondary N) is 2. The van der Waals surface area contributed by atoms with E-state index in [1.807, 2.05) is 43.3 Å². The molecule has 0 radical (unpaired) electrons. The Kier molecular flexibility index (Phi) is 10.3. The van der Waals surface area contributed by atoms with Gasteiger partial charge in [-0.05, 0) is 36.8 Å². The number of hydrogen-bond donors (Lipinski definition) is 2. The predicted molar refractivity (Wildman–Crippen MR) is 123 cm³/mol. The van der Waals surface area contributed by atoms with Crippen LogP contribution < -0.4 is 29.6 Å². The molecular weight excluding hydrogens is 473 g/mol. The quantitative estimate of drug-likeness (QED) is 0.325. The molecule has 0 amide bonds. The van der Waals surface area contributed by atoms with Crippen LogP contribution in [0.3, 0.4) is 0 Å². The van der Waals surface area contributed by atoms with E-state index in [1.165, 1.54) is 0 Å². The van der Waals surface area contributed by atoms with E-state index in [1.54, 1.807) is 28.4 Å². The largest absolute Gasteiger partial charge is 0.493 e. The number of hydrogen-bond acceptors (Lipinski definition) is 5. The lowest BCUT2D eigenvalue weighted by molar-refractivity contribution is 0.310. The second kappa shape index (κ2) is 12.2. The number of nitrogens with zero attached hydrogens (tertiary/aromatic N) is 1. The van der Waals surface area contributed by atoms with Crippen molar-refractivity contribution in [1.29, 1.82) is 0 Å². The Hall–Kier alpha value is -2.36. The van der Waals surface area contributed by atoms with Gasteiger partial charge in [-0.25, -0.2) is 0 Å². The summed E-state index contributed by atoms with van der Waals surface area (Å²) in [5.74, 6) is 3.40. The minimum absolute atomic E-state index is 0. The fourth-order valence-corrected chi connectivity index (χ4v) is 2.51. The summed E-state index contributed by atoms with van der Waals surface area (Å²) in [5.41, 5.74) is 1.88. The molecule has 0 heterocycles. The number of rotatable bonds is 8. The summed E-state index contributed by atoms with van der Waals surface area (Å²) in [6.07, 6.45) is 0. The number of ether oxygens (including phenoxy) is 4. The molecule has 8 heteroatoms. The van der Waals surface area contributed by atoms with E-state index in [0.29, 0.717) is 36.4 Å². The van der Waals surface area contributed by atoms with Crippen molar-refractivity contribution in [2.75, 3.05) is 40.3 Å². The van der Waals surface area contributed by atoms with Crippen LogP contribution >= 0.6 is 24.0 Å². The minimum Gasteiger partial charge on any atom is -0.493 e. The molecule has 0 saturated heterocycles. The van der Waals surface area contributed by atoms with Gasteiger partial charge in [0.05, 0.1) is 27.9 Å². The summed E-state index contributed by atoms with van der Waals surface area (Å²) in [6, 6.07) is 11.4. The van der Waals surface area contributed by atoms with Crippen molar-refractivity contribution in [3.8, 4) is 23.0 Å². The molecule has 2 aromatic carbocycles. The molecule has 0 aliphatic rings. The topological polar surface area (TPSA) is 73.3 Å². The van der Waals surface area contributed by atoms with Crippen LogP contribution in [0, 0.1) is 0 Å². The third-order valence-electron chi connectivity index (χ3n) is 3.86. The van der Waals surface area contributed by atoms with Crippen LogP contribution in [0.15, 0.2) is 41.4 Å². The molecule has 0 fully saturated rings. The first-order valence-corrected chi connectivity index (χ1v) is 8.64. The van der Waals surface area contributed by atoms with Gasteiger partial charge >= 0.3 is 0 Å². The maximum Gasteiger partial charge on any atom is 0.195 e. The Balaban J connectivity index is 0.00000392. The van der Waals surface area contributed by atoms with Gasteiger partial charge < -0.3 is 29.6 Å². The highest BCUT2D eigenvalue weighted by molar-refractivity contribution is 14.0. The van der Waals surface area contributed by atoms with Crippen molar-refractivity contribution in [2.45, 2.75) is 13.5 Å². The number of halogens is 1. The number of benzene rings is 2. The third kappa shape index (κ3) is 6.36. The summed E-state index contributed by atoms with van der Waals surface area (Å²) in [7, 11) is 6.56. The average Bonchev–Trinajstić information content (AvgIpc) is 2.71. The first-order chi connectivity index (χ1) is 13.1. The van der Waals surface area contributed by atoms with Gasteiger partial charge in [0.1, 0.15) is 0 Å². The average molecular weight is 501 g/mol. The second-order valence-corrected chi connectivity index (χ2v) is 5.54. The maximum atomic E-state index is 5.55. The minimum atomic E-state index is 0. The van der Waals surface area contributed by atoms with Crippen molar-refractivity contribution in [3.63, 3.8) is 0 Å². The first kappa shape index (κ1) is 23.7. The van der Waals surface area contributed by atoms with Crippen molar-refractivity contribution < 1.29 is 18.9 Å². The molecular formula is C20H28IN3O4. The van der Waals surface area contributed by atoms with Crippen molar-refractivity contribution in [3.05, 3.63) is 42.0 Å². The van der Waals surface area contributed by atoms with E-state index in [9.17, 15) is 0 Å². The number of guanidine groups is 1. The van der Waals surface area contributed by atoms with E-state index in [2.05, 4.69) is 15.6 Å². The maximum absolute atomic E-state index is 5.55. The highest BCUT2D eigenvalue weighted by Gasteiger charge is 2.08. The normalized spacial score (nSPS) is 10.5. The van der Waals surface area contributed by atoms with E-state index in [0.717, 1.165) is 17.0 Å². The van der Waals surface area contributed by atoms with Crippen molar-refractivity contribution >= 4 is 35.6 Å². The zero-order valence-electron chi connectivity index (χ0n) is 16.9. The number of aliphatic imine (C=N–C) groups is 1. The fraction of sp³-hybridized carbons (Fsp3) is 0.350. The standard InChI is InChI=1S/C20H27N3O4.HI/c1-6-27-17-9-7-14(11-18(17)25-4)13-22-20(21-2)23-15-8-10-16(24-3)19(12-15)26-5;/h7-12H,6,13H2,1-5H3,(H2,21,22,23);1H. The van der Waals surface area contributed by atoms with Crippen LogP contribution in [-0.2, 0) is 6.54 Å². The summed E-state index contributed by atoms with van der Waals surface area (Å²) < 4.78 is 21.5. The number of anilines is 1. The lowest BCUT2D eigenvalue weighted by Crippen LogP contribution is -2.30. The Labute approximate surface area is 183 Å². The van der Waals surface area contributed by atoms with Gasteiger partial charge in [-0.2, -0.15) is 0 Å². The summed E-state index contributed by atoms with van der Waals surface area (Å²) in [5, 5.41) is 6.51. The van der Waals surface area contributed by atoms with Gasteiger partial charge in [-0.1, -0.05) is 6.07 Å². The number of methoxy groups -OCH3 is 3. The van der Waals surface area contributed by atoms with Crippen LogP contribution in [0.1, 0.15) is 12.5 Å². The van der Waals surface area contributed by atoms with Crippen LogP contribution in [0.2, 0.25) is 0 Å². The van der Waals surface area contributed by atoms with Gasteiger partial charge in [0.2, 0.25) is 0 Å². The van der Waals surface area contributed by atoms with Gasteiger partial charge in [0.15, 0.2) is 29.0 Å². The molecule has 0 saturated carbocycles. The van der Waals surface area contributed by atoms with Gasteiger partial charge in [-0.3, -0.25) is 4.99 Å². The first-order valence-electron chi connectivity index (χ1n) is 8.64. The Morgan fingerprint density at radius 1 is 0.893 bits per heavy atom. The summed E-state index contributed by atoms with van der Waals surface area (Å²) >= 11 is 0. The zero-order valence-corrected chi connectivity index (χ0v) is 19.2. The van der Waals surface area contributed by atoms with E-state index < -0.39 is 0 Å². The van der Waals surface area contributed by atoms with Crippen molar-refractivity contribution in [1.82, 2.24) is 5.32 Å². The lowest BCUT2D eigenvalue weighted by Gasteiger charge is -2.15. The van der Waals surface area contributed by atoms with Gasteiger partial charge in [0, 0.05) is 25.3 Å². The van der Waals surface area contributed by atoms with Crippen LogP contribution in [0.5, 0.6) is 23.0 Å². The van der Waals surface area contributed by atoms with E-state index in [4.69, 9.17) is 18.9 Å². The Morgan fingerprint density at radius 3 is 2.14 bits per heavy atom. The molecule has 0 unspecified atom stereocenters. The van der Waals surface area contributed by atoms with Crippen molar-refractivity contribution in [2.24, 2.45) is 4.99 Å². The fourth-order valence-electron chi connectivity index (χ4n) is 2.51. The van der Waals surface area contributed by atoms with Crippen LogP contribution in [0.4, 0.5) is 5.69 Å². The van der Waals surface area contributed by atoms with E-state index >= 15 is 0 Å². The molecule has 2 N–H and O–H groups in total. The molecule has 0 aliphatic heterocycles. The second-order valence-electron chi connectivity index (χ2n) is 5.54. The molecule has 0 aromatic heterocycles. The van der Waals surface area contributed by atoms with Gasteiger partial charge in [-0.15, -0.1) is 24.0 Å². The molecule has 0 bridgehead atoms. The van der Waals surface area contributed by atoms with Crippen LogP contribution in [-0.4, -0.2) is 40.9 Å². The monoisotopic (exact) mass is 501 g/mol. The highest BCUT2D eigenvalue weighted by atomic mass is 127. The SMILES string of the molecule is CCOc1ccc(CNC(=NC)Nc2ccc(OC)c(OC)c2)cc1OC.I. The molecule has 28 heavy (non-hydrogen) atoms. The molecule has 2 aromatic rings. The predicted octanol–water partition coefficient (Wildman–Crippen LogP) is 3.92. The van der Waals surface area contributed by atoms with Crippen LogP contribution in [0.25, 0.3) is 0 Å². The molecule has 0 spiro atoms. The summed E-state index contributed by atoms with van der Waals surface area (Å²) in [4.78, 5) is 4.25. The Morgan fingerprint density at radius 2 is 1.54 bits per heavy atom. The third-order valence-corrected chi connectivity index (χ3v) is 3.86. The molecule has 0 aliphatic carbocycles. The Bertz CT molecular complexity index is 784. The smallest absolute Gasteiger partial charge is 0.195 e. The molecule has 154 valence electrons. The lowest BCUT2D eigenvalue weighted by atomic mass is 10.2. The van der Waals surface area contributed by atoms with E-state index in [-0.39, 0.29) is 24.0 Å². The highest BCUT2D eigenvalue weighted by Crippen LogP contribution is 2.30. The molecule has 7 nitrogen and oxygen atoms in total. The summed E-state index contributed by atoms with van der Waals surface area (Å²) in [6.45, 7) is 3.12. The molecule has 2 rings (SSSR count). The zero-order chi connectivity index (χ0) is 19.6.